The van der Waals surface area contributed by atoms with Crippen LogP contribution in [0.1, 0.15) is 41.8 Å². The maximum absolute atomic E-state index is 12.8. The molecule has 27 heavy (non-hydrogen) atoms. The molecule has 1 aromatic heterocycles. The molecule has 4 heterocycles. The monoisotopic (exact) mass is 376 g/mol. The highest BCUT2D eigenvalue weighted by Gasteiger charge is 2.43. The number of hydrogen-bond donors (Lipinski definition) is 0. The van der Waals surface area contributed by atoms with E-state index in [4.69, 9.17) is 13.9 Å². The lowest BCUT2D eigenvalue weighted by molar-refractivity contribution is -0.152. The van der Waals surface area contributed by atoms with E-state index in [1.807, 2.05) is 16.7 Å². The van der Waals surface area contributed by atoms with E-state index < -0.39 is 0 Å². The van der Waals surface area contributed by atoms with E-state index in [-0.39, 0.29) is 23.3 Å². The molecule has 0 unspecified atom stereocenters. The van der Waals surface area contributed by atoms with Crippen LogP contribution in [-0.2, 0) is 14.3 Å². The Hall–Kier alpha value is -1.86. The van der Waals surface area contributed by atoms with Gasteiger partial charge >= 0.3 is 0 Å². The summed E-state index contributed by atoms with van der Waals surface area (Å²) in [7, 11) is 0. The van der Waals surface area contributed by atoms with Crippen molar-refractivity contribution in [1.29, 1.82) is 0 Å². The molecule has 3 saturated heterocycles. The summed E-state index contributed by atoms with van der Waals surface area (Å²) in [6.45, 7) is 6.28. The van der Waals surface area contributed by atoms with E-state index in [1.165, 1.54) is 0 Å². The van der Waals surface area contributed by atoms with Crippen LogP contribution in [0.25, 0.3) is 0 Å². The van der Waals surface area contributed by atoms with Crippen LogP contribution in [0, 0.1) is 12.8 Å². The van der Waals surface area contributed by atoms with Gasteiger partial charge in [-0.1, -0.05) is 0 Å². The van der Waals surface area contributed by atoms with Gasteiger partial charge in [-0.15, -0.1) is 0 Å². The highest BCUT2D eigenvalue weighted by atomic mass is 16.5. The van der Waals surface area contributed by atoms with Gasteiger partial charge in [0.15, 0.2) is 0 Å². The molecule has 2 amide bonds. The zero-order valence-corrected chi connectivity index (χ0v) is 15.9. The van der Waals surface area contributed by atoms with Crippen LogP contribution in [0.15, 0.2) is 16.7 Å². The summed E-state index contributed by atoms with van der Waals surface area (Å²) in [5, 5.41) is 0. The van der Waals surface area contributed by atoms with Gasteiger partial charge in [0.05, 0.1) is 30.6 Å². The van der Waals surface area contributed by atoms with Crippen LogP contribution in [-0.4, -0.2) is 73.2 Å². The molecule has 0 bridgehead atoms. The molecule has 148 valence electrons. The van der Waals surface area contributed by atoms with Crippen molar-refractivity contribution in [2.24, 2.45) is 5.92 Å². The number of morpholine rings is 1. The summed E-state index contributed by atoms with van der Waals surface area (Å²) < 4.78 is 16.8. The molecule has 1 aromatic rings. The van der Waals surface area contributed by atoms with E-state index in [0.29, 0.717) is 57.3 Å². The predicted molar refractivity (Wildman–Crippen MR) is 97.4 cm³/mol. The zero-order chi connectivity index (χ0) is 18.9. The number of amides is 2. The third-order valence-corrected chi connectivity index (χ3v) is 6.18. The molecule has 3 aliphatic heterocycles. The largest absolute Gasteiger partial charge is 0.469 e. The van der Waals surface area contributed by atoms with Gasteiger partial charge in [-0.05, 0) is 38.7 Å². The average molecular weight is 376 g/mol. The first-order valence-corrected chi connectivity index (χ1v) is 9.92. The molecule has 0 aliphatic carbocycles. The van der Waals surface area contributed by atoms with E-state index >= 15 is 0 Å². The van der Waals surface area contributed by atoms with Crippen molar-refractivity contribution in [3.05, 3.63) is 23.7 Å². The zero-order valence-electron chi connectivity index (χ0n) is 15.9. The fourth-order valence-corrected chi connectivity index (χ4v) is 4.44. The standard InChI is InChI=1S/C20H28N2O5/c1-15-17(4-12-26-15)19(24)22-9-13-27-20(14-22)5-7-21(8-6-20)18(23)16-2-10-25-11-3-16/h4,12,16H,2-3,5-11,13-14H2,1H3. The first-order valence-electron chi connectivity index (χ1n) is 9.92. The summed E-state index contributed by atoms with van der Waals surface area (Å²) in [6.07, 6.45) is 4.75. The minimum atomic E-state index is -0.335. The van der Waals surface area contributed by atoms with Crippen molar-refractivity contribution >= 4 is 11.8 Å². The molecule has 0 aromatic carbocycles. The lowest BCUT2D eigenvalue weighted by atomic mass is 9.88. The Morgan fingerprint density at radius 1 is 1.07 bits per heavy atom. The van der Waals surface area contributed by atoms with Crippen molar-refractivity contribution < 1.29 is 23.5 Å². The number of aryl methyl sites for hydroxylation is 1. The second-order valence-corrected chi connectivity index (χ2v) is 7.86. The van der Waals surface area contributed by atoms with E-state index in [0.717, 1.165) is 25.7 Å². The molecule has 0 radical (unpaired) electrons. The molecule has 7 heteroatoms. The number of likely N-dealkylation sites (tertiary alicyclic amines) is 1. The summed E-state index contributed by atoms with van der Waals surface area (Å²) in [5.74, 6) is 1.01. The number of ether oxygens (including phenoxy) is 2. The number of carbonyl (C=O) groups is 2. The average Bonchev–Trinajstić information content (AvgIpc) is 3.14. The molecule has 0 saturated carbocycles. The highest BCUT2D eigenvalue weighted by molar-refractivity contribution is 5.95. The van der Waals surface area contributed by atoms with Crippen LogP contribution in [0.5, 0.6) is 0 Å². The molecule has 0 atom stereocenters. The Morgan fingerprint density at radius 3 is 2.48 bits per heavy atom. The van der Waals surface area contributed by atoms with Gasteiger partial charge in [0, 0.05) is 38.8 Å². The van der Waals surface area contributed by atoms with Gasteiger partial charge in [-0.25, -0.2) is 0 Å². The van der Waals surface area contributed by atoms with Crippen molar-refractivity contribution in [3.8, 4) is 0 Å². The normalized spacial score (nSPS) is 23.6. The molecule has 7 nitrogen and oxygen atoms in total. The molecule has 3 aliphatic rings. The van der Waals surface area contributed by atoms with Gasteiger partial charge in [-0.2, -0.15) is 0 Å². The number of piperidine rings is 1. The molecular formula is C20H28N2O5. The first-order chi connectivity index (χ1) is 13.1. The number of carbonyl (C=O) groups excluding carboxylic acids is 2. The van der Waals surface area contributed by atoms with Crippen molar-refractivity contribution in [1.82, 2.24) is 9.80 Å². The SMILES string of the molecule is Cc1occc1C(=O)N1CCOC2(CCN(C(=O)C3CCOCC3)CC2)C1. The molecule has 3 fully saturated rings. The minimum Gasteiger partial charge on any atom is -0.469 e. The smallest absolute Gasteiger partial charge is 0.257 e. The third-order valence-electron chi connectivity index (χ3n) is 6.18. The van der Waals surface area contributed by atoms with Gasteiger partial charge < -0.3 is 23.7 Å². The van der Waals surface area contributed by atoms with Crippen LogP contribution < -0.4 is 0 Å². The summed E-state index contributed by atoms with van der Waals surface area (Å²) in [6, 6.07) is 1.73. The predicted octanol–water partition coefficient (Wildman–Crippen LogP) is 1.85. The molecule has 0 N–H and O–H groups in total. The van der Waals surface area contributed by atoms with Gasteiger partial charge in [0.2, 0.25) is 5.91 Å². The van der Waals surface area contributed by atoms with Crippen LogP contribution in [0.3, 0.4) is 0 Å². The van der Waals surface area contributed by atoms with Crippen molar-refractivity contribution in [2.75, 3.05) is 46.0 Å². The maximum Gasteiger partial charge on any atom is 0.257 e. The first kappa shape index (κ1) is 18.5. The van der Waals surface area contributed by atoms with E-state index in [2.05, 4.69) is 0 Å². The lowest BCUT2D eigenvalue weighted by Gasteiger charge is -2.47. The van der Waals surface area contributed by atoms with Gasteiger partial charge in [-0.3, -0.25) is 9.59 Å². The van der Waals surface area contributed by atoms with Crippen LogP contribution in [0.4, 0.5) is 0 Å². The Morgan fingerprint density at radius 2 is 1.81 bits per heavy atom. The third kappa shape index (κ3) is 3.75. The van der Waals surface area contributed by atoms with Crippen molar-refractivity contribution in [2.45, 2.75) is 38.2 Å². The van der Waals surface area contributed by atoms with Crippen LogP contribution in [0.2, 0.25) is 0 Å². The highest BCUT2D eigenvalue weighted by Crippen LogP contribution is 2.32. The minimum absolute atomic E-state index is 0.00429. The maximum atomic E-state index is 12.8. The second-order valence-electron chi connectivity index (χ2n) is 7.86. The summed E-state index contributed by atoms with van der Waals surface area (Å²) in [4.78, 5) is 29.4. The fraction of sp³-hybridized carbons (Fsp3) is 0.700. The number of rotatable bonds is 2. The Kier molecular flexibility index (Phi) is 5.23. The van der Waals surface area contributed by atoms with Crippen molar-refractivity contribution in [3.63, 3.8) is 0 Å². The van der Waals surface area contributed by atoms with E-state index in [1.54, 1.807) is 12.3 Å². The molecule has 1 spiro atoms. The van der Waals surface area contributed by atoms with E-state index in [9.17, 15) is 9.59 Å². The van der Waals surface area contributed by atoms with Gasteiger partial charge in [0.25, 0.3) is 5.91 Å². The summed E-state index contributed by atoms with van der Waals surface area (Å²) in [5.41, 5.74) is 0.289. The number of furan rings is 1. The lowest BCUT2D eigenvalue weighted by Crippen LogP contribution is -2.59. The Balaban J connectivity index is 1.36. The number of hydrogen-bond acceptors (Lipinski definition) is 5. The number of nitrogens with zero attached hydrogens (tertiary/aromatic N) is 2. The topological polar surface area (TPSA) is 72.2 Å². The quantitative estimate of drug-likeness (QED) is 0.788. The summed E-state index contributed by atoms with van der Waals surface area (Å²) >= 11 is 0. The Labute approximate surface area is 159 Å². The van der Waals surface area contributed by atoms with Crippen LogP contribution >= 0.6 is 0 Å². The molecule has 4 rings (SSSR count). The Bertz CT molecular complexity index is 686. The second kappa shape index (κ2) is 7.64. The van der Waals surface area contributed by atoms with Gasteiger partial charge in [0.1, 0.15) is 5.76 Å². The fourth-order valence-electron chi connectivity index (χ4n) is 4.44. The molecular weight excluding hydrogens is 348 g/mol.